The SMILES string of the molecule is COC(=O)C1Cc2nc[nH]c2CN1C(=O)COc1ccc(C)cc1. The van der Waals surface area contributed by atoms with Gasteiger partial charge in [0.15, 0.2) is 6.61 Å². The molecule has 0 saturated carbocycles. The molecule has 1 amide bonds. The third-order valence-corrected chi connectivity index (χ3v) is 4.08. The van der Waals surface area contributed by atoms with Crippen LogP contribution in [0.25, 0.3) is 0 Å². The molecule has 1 aliphatic rings. The topological polar surface area (TPSA) is 84.5 Å². The molecule has 7 nitrogen and oxygen atoms in total. The Labute approximate surface area is 139 Å². The van der Waals surface area contributed by atoms with E-state index in [0.29, 0.717) is 12.2 Å². The number of aromatic amines is 1. The summed E-state index contributed by atoms with van der Waals surface area (Å²) < 4.78 is 10.4. The van der Waals surface area contributed by atoms with Crippen LogP contribution in [0.15, 0.2) is 30.6 Å². The first-order valence-electron chi connectivity index (χ1n) is 7.66. The van der Waals surface area contributed by atoms with Crippen LogP contribution >= 0.6 is 0 Å². The Morgan fingerprint density at radius 1 is 1.33 bits per heavy atom. The van der Waals surface area contributed by atoms with E-state index in [1.807, 2.05) is 31.2 Å². The van der Waals surface area contributed by atoms with Gasteiger partial charge in [-0.05, 0) is 19.1 Å². The van der Waals surface area contributed by atoms with Crippen molar-refractivity contribution in [1.29, 1.82) is 0 Å². The Morgan fingerprint density at radius 3 is 2.79 bits per heavy atom. The van der Waals surface area contributed by atoms with Gasteiger partial charge in [0, 0.05) is 6.42 Å². The van der Waals surface area contributed by atoms with E-state index in [0.717, 1.165) is 17.0 Å². The number of H-pyrrole nitrogens is 1. The molecule has 0 saturated heterocycles. The highest BCUT2D eigenvalue weighted by molar-refractivity contribution is 5.86. The number of aryl methyl sites for hydroxylation is 1. The van der Waals surface area contributed by atoms with Crippen molar-refractivity contribution in [2.24, 2.45) is 0 Å². The number of amides is 1. The van der Waals surface area contributed by atoms with E-state index in [2.05, 4.69) is 9.97 Å². The first-order valence-corrected chi connectivity index (χ1v) is 7.66. The monoisotopic (exact) mass is 329 g/mol. The smallest absolute Gasteiger partial charge is 0.329 e. The number of fused-ring (bicyclic) bond motifs is 1. The van der Waals surface area contributed by atoms with Gasteiger partial charge in [-0.3, -0.25) is 4.79 Å². The van der Waals surface area contributed by atoms with Crippen LogP contribution in [0.1, 0.15) is 17.0 Å². The fraction of sp³-hybridized carbons (Fsp3) is 0.353. The van der Waals surface area contributed by atoms with E-state index >= 15 is 0 Å². The number of hydrogen-bond acceptors (Lipinski definition) is 5. The highest BCUT2D eigenvalue weighted by atomic mass is 16.5. The molecule has 1 aromatic carbocycles. The number of nitrogens with zero attached hydrogens (tertiary/aromatic N) is 2. The summed E-state index contributed by atoms with van der Waals surface area (Å²) in [4.78, 5) is 33.3. The van der Waals surface area contributed by atoms with Crippen molar-refractivity contribution in [2.75, 3.05) is 13.7 Å². The first kappa shape index (κ1) is 16.0. The molecule has 3 rings (SSSR count). The van der Waals surface area contributed by atoms with Gasteiger partial charge < -0.3 is 19.4 Å². The molecule has 0 aliphatic carbocycles. The van der Waals surface area contributed by atoms with Gasteiger partial charge in [-0.2, -0.15) is 0 Å². The van der Waals surface area contributed by atoms with Crippen molar-refractivity contribution in [3.8, 4) is 5.75 Å². The van der Waals surface area contributed by atoms with Crippen molar-refractivity contribution in [1.82, 2.24) is 14.9 Å². The molecule has 0 radical (unpaired) electrons. The van der Waals surface area contributed by atoms with Crippen molar-refractivity contribution in [3.05, 3.63) is 47.5 Å². The zero-order valence-corrected chi connectivity index (χ0v) is 13.6. The summed E-state index contributed by atoms with van der Waals surface area (Å²) in [6.07, 6.45) is 1.90. The van der Waals surface area contributed by atoms with Crippen LogP contribution in [-0.2, 0) is 27.3 Å². The molecular weight excluding hydrogens is 310 g/mol. The van der Waals surface area contributed by atoms with Gasteiger partial charge in [0.25, 0.3) is 5.91 Å². The third-order valence-electron chi connectivity index (χ3n) is 4.08. The molecule has 2 heterocycles. The lowest BCUT2D eigenvalue weighted by atomic mass is 10.0. The molecular formula is C17H19N3O4. The predicted octanol–water partition coefficient (Wildman–Crippen LogP) is 1.22. The normalized spacial score (nSPS) is 16.4. The summed E-state index contributed by atoms with van der Waals surface area (Å²) >= 11 is 0. The molecule has 0 fully saturated rings. The molecule has 0 spiro atoms. The lowest BCUT2D eigenvalue weighted by molar-refractivity contribution is -0.154. The highest BCUT2D eigenvalue weighted by Gasteiger charge is 2.36. The third kappa shape index (κ3) is 3.24. The Bertz CT molecular complexity index is 739. The molecule has 0 bridgehead atoms. The second-order valence-electron chi connectivity index (χ2n) is 5.69. The second-order valence-corrected chi connectivity index (χ2v) is 5.69. The Kier molecular flexibility index (Phi) is 4.50. The molecule has 7 heteroatoms. The lowest BCUT2D eigenvalue weighted by Gasteiger charge is -2.33. The van der Waals surface area contributed by atoms with E-state index in [1.54, 1.807) is 6.33 Å². The van der Waals surface area contributed by atoms with Crippen LogP contribution in [0.4, 0.5) is 0 Å². The molecule has 1 aliphatic heterocycles. The number of rotatable bonds is 4. The standard InChI is InChI=1S/C17H19N3O4/c1-11-3-5-12(6-4-11)24-9-16(21)20-8-14-13(18-10-19-14)7-15(20)17(22)23-2/h3-6,10,15H,7-9H2,1-2H3,(H,18,19). The number of ether oxygens (including phenoxy) is 2. The van der Waals surface area contributed by atoms with E-state index in [1.165, 1.54) is 12.0 Å². The second kappa shape index (κ2) is 6.74. The Hall–Kier alpha value is -2.83. The number of benzene rings is 1. The Morgan fingerprint density at radius 2 is 2.08 bits per heavy atom. The van der Waals surface area contributed by atoms with Crippen molar-refractivity contribution >= 4 is 11.9 Å². The van der Waals surface area contributed by atoms with E-state index in [4.69, 9.17) is 9.47 Å². The van der Waals surface area contributed by atoms with Gasteiger partial charge >= 0.3 is 5.97 Å². The number of hydrogen-bond donors (Lipinski definition) is 1. The fourth-order valence-corrected chi connectivity index (χ4v) is 2.71. The summed E-state index contributed by atoms with van der Waals surface area (Å²) in [6, 6.07) is 6.76. The Balaban J connectivity index is 1.71. The molecule has 1 unspecified atom stereocenters. The van der Waals surface area contributed by atoms with Gasteiger partial charge in [0.2, 0.25) is 0 Å². The van der Waals surface area contributed by atoms with E-state index < -0.39 is 12.0 Å². The zero-order valence-electron chi connectivity index (χ0n) is 13.6. The van der Waals surface area contributed by atoms with Crippen LogP contribution in [0.5, 0.6) is 5.75 Å². The highest BCUT2D eigenvalue weighted by Crippen LogP contribution is 2.22. The minimum Gasteiger partial charge on any atom is -0.484 e. The number of carbonyl (C=O) groups excluding carboxylic acids is 2. The summed E-state index contributed by atoms with van der Waals surface area (Å²) in [5.74, 6) is -0.110. The first-order chi connectivity index (χ1) is 11.6. The molecule has 2 aromatic rings. The zero-order chi connectivity index (χ0) is 17.1. The molecule has 126 valence electrons. The lowest BCUT2D eigenvalue weighted by Crippen LogP contribution is -2.50. The van der Waals surface area contributed by atoms with Gasteiger partial charge in [0.05, 0.1) is 31.4 Å². The summed E-state index contributed by atoms with van der Waals surface area (Å²) in [5.41, 5.74) is 2.73. The maximum Gasteiger partial charge on any atom is 0.329 e. The van der Waals surface area contributed by atoms with Crippen LogP contribution < -0.4 is 4.74 Å². The van der Waals surface area contributed by atoms with Crippen LogP contribution in [0.2, 0.25) is 0 Å². The number of methoxy groups -OCH3 is 1. The minimum atomic E-state index is -0.681. The summed E-state index contributed by atoms with van der Waals surface area (Å²) in [6.45, 7) is 2.12. The van der Waals surface area contributed by atoms with Crippen molar-refractivity contribution < 1.29 is 19.1 Å². The van der Waals surface area contributed by atoms with Crippen LogP contribution in [-0.4, -0.2) is 46.5 Å². The van der Waals surface area contributed by atoms with Crippen LogP contribution in [0, 0.1) is 6.92 Å². The molecule has 1 N–H and O–H groups in total. The van der Waals surface area contributed by atoms with Gasteiger partial charge in [0.1, 0.15) is 11.8 Å². The summed E-state index contributed by atoms with van der Waals surface area (Å²) in [5, 5.41) is 0. The van der Waals surface area contributed by atoms with Crippen molar-refractivity contribution in [3.63, 3.8) is 0 Å². The summed E-state index contributed by atoms with van der Waals surface area (Å²) in [7, 11) is 1.31. The van der Waals surface area contributed by atoms with Crippen molar-refractivity contribution in [2.45, 2.75) is 25.9 Å². The molecule has 1 atom stereocenters. The van der Waals surface area contributed by atoms with E-state index in [9.17, 15) is 9.59 Å². The number of aromatic nitrogens is 2. The fourth-order valence-electron chi connectivity index (χ4n) is 2.71. The van der Waals surface area contributed by atoms with Gasteiger partial charge in [-0.1, -0.05) is 17.7 Å². The maximum atomic E-state index is 12.6. The minimum absolute atomic E-state index is 0.139. The average Bonchev–Trinajstić information content (AvgIpc) is 3.06. The maximum absolute atomic E-state index is 12.6. The van der Waals surface area contributed by atoms with Crippen LogP contribution in [0.3, 0.4) is 0 Å². The molecule has 24 heavy (non-hydrogen) atoms. The molecule has 1 aromatic heterocycles. The van der Waals surface area contributed by atoms with Gasteiger partial charge in [-0.15, -0.1) is 0 Å². The number of imidazole rings is 1. The number of esters is 1. The average molecular weight is 329 g/mol. The van der Waals surface area contributed by atoms with Gasteiger partial charge in [-0.25, -0.2) is 9.78 Å². The number of carbonyl (C=O) groups is 2. The predicted molar refractivity (Wildman–Crippen MR) is 85.3 cm³/mol. The number of nitrogens with one attached hydrogen (secondary N) is 1. The quantitative estimate of drug-likeness (QED) is 0.853. The van der Waals surface area contributed by atoms with E-state index in [-0.39, 0.29) is 19.1 Å². The largest absolute Gasteiger partial charge is 0.484 e.